The maximum absolute atomic E-state index is 12.7. The summed E-state index contributed by atoms with van der Waals surface area (Å²) in [5.41, 5.74) is 6.85. The molecule has 0 aliphatic heterocycles. The summed E-state index contributed by atoms with van der Waals surface area (Å²) in [6.45, 7) is 2.14. The van der Waals surface area contributed by atoms with Crippen molar-refractivity contribution in [2.75, 3.05) is 0 Å². The van der Waals surface area contributed by atoms with Gasteiger partial charge in [-0.3, -0.25) is 4.79 Å². The third kappa shape index (κ3) is 6.91. The maximum Gasteiger partial charge on any atom is 0.304 e. The Kier molecular flexibility index (Phi) is 6.50. The fraction of sp³-hybridized carbons (Fsp3) is 0.533. The SMILES string of the molecule is CC(CCc1ccc(F)cc1)CC[C@H](N)CC(=O)O. The van der Waals surface area contributed by atoms with Crippen molar-refractivity contribution in [2.45, 2.75) is 45.1 Å². The Balaban J connectivity index is 2.22. The highest BCUT2D eigenvalue weighted by atomic mass is 19.1. The zero-order valence-electron chi connectivity index (χ0n) is 11.3. The Morgan fingerprint density at radius 2 is 1.89 bits per heavy atom. The molecule has 19 heavy (non-hydrogen) atoms. The Hall–Kier alpha value is -1.42. The molecule has 4 heteroatoms. The summed E-state index contributed by atoms with van der Waals surface area (Å²) in [5, 5.41) is 8.61. The minimum absolute atomic E-state index is 0.0324. The first-order chi connectivity index (χ1) is 8.97. The van der Waals surface area contributed by atoms with Crippen LogP contribution in [-0.2, 0) is 11.2 Å². The van der Waals surface area contributed by atoms with Crippen LogP contribution in [0.5, 0.6) is 0 Å². The lowest BCUT2D eigenvalue weighted by Gasteiger charge is -2.14. The molecule has 1 rings (SSSR count). The summed E-state index contributed by atoms with van der Waals surface area (Å²) in [6, 6.07) is 6.30. The molecule has 0 saturated heterocycles. The molecular formula is C15H22FNO2. The molecule has 2 atom stereocenters. The van der Waals surface area contributed by atoms with Gasteiger partial charge in [-0.25, -0.2) is 4.39 Å². The minimum atomic E-state index is -0.841. The van der Waals surface area contributed by atoms with Gasteiger partial charge in [-0.15, -0.1) is 0 Å². The zero-order chi connectivity index (χ0) is 14.3. The monoisotopic (exact) mass is 267 g/mol. The maximum atomic E-state index is 12.7. The van der Waals surface area contributed by atoms with Crippen LogP contribution in [0.15, 0.2) is 24.3 Å². The second-order valence-electron chi connectivity index (χ2n) is 5.21. The lowest BCUT2D eigenvalue weighted by Crippen LogP contribution is -2.24. The van der Waals surface area contributed by atoms with Gasteiger partial charge in [0.15, 0.2) is 0 Å². The van der Waals surface area contributed by atoms with E-state index in [1.54, 1.807) is 12.1 Å². The van der Waals surface area contributed by atoms with Crippen LogP contribution in [0.4, 0.5) is 4.39 Å². The van der Waals surface area contributed by atoms with E-state index < -0.39 is 5.97 Å². The number of carbonyl (C=O) groups is 1. The van der Waals surface area contributed by atoms with Crippen LogP contribution in [0.2, 0.25) is 0 Å². The van der Waals surface area contributed by atoms with Crippen LogP contribution in [0, 0.1) is 11.7 Å². The number of carboxylic acid groups (broad SMARTS) is 1. The fourth-order valence-corrected chi connectivity index (χ4v) is 2.03. The summed E-state index contributed by atoms with van der Waals surface area (Å²) in [6.07, 6.45) is 3.61. The fourth-order valence-electron chi connectivity index (χ4n) is 2.03. The van der Waals surface area contributed by atoms with Crippen LogP contribution in [0.1, 0.15) is 38.2 Å². The van der Waals surface area contributed by atoms with Crippen molar-refractivity contribution in [2.24, 2.45) is 11.7 Å². The molecule has 3 N–H and O–H groups in total. The molecule has 0 aliphatic rings. The highest BCUT2D eigenvalue weighted by Crippen LogP contribution is 2.16. The van der Waals surface area contributed by atoms with Gasteiger partial charge in [-0.2, -0.15) is 0 Å². The van der Waals surface area contributed by atoms with Gasteiger partial charge >= 0.3 is 5.97 Å². The number of nitrogens with two attached hydrogens (primary N) is 1. The van der Waals surface area contributed by atoms with E-state index in [9.17, 15) is 9.18 Å². The van der Waals surface area contributed by atoms with E-state index in [1.165, 1.54) is 12.1 Å². The highest BCUT2D eigenvalue weighted by Gasteiger charge is 2.10. The first kappa shape index (κ1) is 15.6. The lowest BCUT2D eigenvalue weighted by molar-refractivity contribution is -0.137. The summed E-state index contributed by atoms with van der Waals surface area (Å²) in [5.74, 6) is -0.562. The van der Waals surface area contributed by atoms with Gasteiger partial charge < -0.3 is 10.8 Å². The van der Waals surface area contributed by atoms with Crippen LogP contribution in [0.3, 0.4) is 0 Å². The number of benzene rings is 1. The average Bonchev–Trinajstić information content (AvgIpc) is 2.35. The molecule has 0 bridgehead atoms. The Morgan fingerprint density at radius 3 is 2.47 bits per heavy atom. The predicted molar refractivity (Wildman–Crippen MR) is 73.3 cm³/mol. The smallest absolute Gasteiger partial charge is 0.304 e. The summed E-state index contributed by atoms with van der Waals surface area (Å²) in [7, 11) is 0. The molecule has 0 aliphatic carbocycles. The first-order valence-electron chi connectivity index (χ1n) is 6.69. The van der Waals surface area contributed by atoms with Gasteiger partial charge in [0.2, 0.25) is 0 Å². The summed E-state index contributed by atoms with van der Waals surface area (Å²) in [4.78, 5) is 10.5. The van der Waals surface area contributed by atoms with Gasteiger partial charge in [0.05, 0.1) is 6.42 Å². The van der Waals surface area contributed by atoms with Crippen molar-refractivity contribution in [3.8, 4) is 0 Å². The average molecular weight is 267 g/mol. The Morgan fingerprint density at radius 1 is 1.26 bits per heavy atom. The van der Waals surface area contributed by atoms with Gasteiger partial charge in [-0.05, 0) is 49.3 Å². The lowest BCUT2D eigenvalue weighted by atomic mass is 9.94. The van der Waals surface area contributed by atoms with E-state index in [-0.39, 0.29) is 18.3 Å². The van der Waals surface area contributed by atoms with Crippen molar-refractivity contribution in [3.05, 3.63) is 35.6 Å². The molecule has 0 saturated carbocycles. The second-order valence-corrected chi connectivity index (χ2v) is 5.21. The van der Waals surface area contributed by atoms with Gasteiger partial charge in [0.1, 0.15) is 5.82 Å². The third-order valence-corrected chi connectivity index (χ3v) is 3.31. The van der Waals surface area contributed by atoms with Crippen LogP contribution in [-0.4, -0.2) is 17.1 Å². The molecule has 0 amide bonds. The van der Waals surface area contributed by atoms with Crippen LogP contribution >= 0.6 is 0 Å². The number of hydrogen-bond donors (Lipinski definition) is 2. The van der Waals surface area contributed by atoms with E-state index in [2.05, 4.69) is 6.92 Å². The van der Waals surface area contributed by atoms with Crippen molar-refractivity contribution < 1.29 is 14.3 Å². The van der Waals surface area contributed by atoms with E-state index in [0.717, 1.165) is 31.2 Å². The zero-order valence-corrected chi connectivity index (χ0v) is 11.3. The van der Waals surface area contributed by atoms with Crippen LogP contribution < -0.4 is 5.73 Å². The molecule has 1 unspecified atom stereocenters. The van der Waals surface area contributed by atoms with E-state index in [0.29, 0.717) is 5.92 Å². The molecule has 106 valence electrons. The molecule has 0 radical (unpaired) electrons. The summed E-state index contributed by atoms with van der Waals surface area (Å²) >= 11 is 0. The number of aryl methyl sites for hydroxylation is 1. The molecule has 1 aromatic rings. The number of carboxylic acids is 1. The number of rotatable bonds is 8. The second kappa shape index (κ2) is 7.89. The molecule has 3 nitrogen and oxygen atoms in total. The van der Waals surface area contributed by atoms with Gasteiger partial charge in [0.25, 0.3) is 0 Å². The first-order valence-corrected chi connectivity index (χ1v) is 6.69. The molecule has 0 heterocycles. The van der Waals surface area contributed by atoms with E-state index in [1.807, 2.05) is 0 Å². The minimum Gasteiger partial charge on any atom is -0.481 e. The van der Waals surface area contributed by atoms with Gasteiger partial charge in [-0.1, -0.05) is 19.1 Å². The van der Waals surface area contributed by atoms with Crippen molar-refractivity contribution in [1.82, 2.24) is 0 Å². The third-order valence-electron chi connectivity index (χ3n) is 3.31. The molecule has 0 aromatic heterocycles. The number of aliphatic carboxylic acids is 1. The van der Waals surface area contributed by atoms with E-state index in [4.69, 9.17) is 10.8 Å². The van der Waals surface area contributed by atoms with Crippen molar-refractivity contribution >= 4 is 5.97 Å². The topological polar surface area (TPSA) is 63.3 Å². The number of halogens is 1. The molecule has 0 fully saturated rings. The summed E-state index contributed by atoms with van der Waals surface area (Å²) < 4.78 is 12.7. The van der Waals surface area contributed by atoms with Crippen molar-refractivity contribution in [3.63, 3.8) is 0 Å². The Bertz CT molecular complexity index is 392. The van der Waals surface area contributed by atoms with Crippen molar-refractivity contribution in [1.29, 1.82) is 0 Å². The normalized spacial score (nSPS) is 14.1. The molecular weight excluding hydrogens is 245 g/mol. The highest BCUT2D eigenvalue weighted by molar-refractivity contribution is 5.67. The quantitative estimate of drug-likeness (QED) is 0.761. The van der Waals surface area contributed by atoms with E-state index >= 15 is 0 Å². The number of hydrogen-bond acceptors (Lipinski definition) is 2. The predicted octanol–water partition coefficient (Wildman–Crippen LogP) is 2.98. The molecule has 0 spiro atoms. The molecule has 1 aromatic carbocycles. The largest absolute Gasteiger partial charge is 0.481 e. The standard InChI is InChI=1S/C15H22FNO2/c1-11(3-9-14(17)10-15(18)19)2-4-12-5-7-13(16)8-6-12/h5-8,11,14H,2-4,9-10,17H2,1H3,(H,18,19)/t11?,14-/m0/s1. The Labute approximate surface area is 113 Å². The van der Waals surface area contributed by atoms with Crippen LogP contribution in [0.25, 0.3) is 0 Å². The van der Waals surface area contributed by atoms with Gasteiger partial charge in [0, 0.05) is 6.04 Å².